The van der Waals surface area contributed by atoms with Crippen molar-refractivity contribution < 1.29 is 17.6 Å². The lowest BCUT2D eigenvalue weighted by Crippen LogP contribution is -2.10. The Kier molecular flexibility index (Phi) is 3.67. The van der Waals surface area contributed by atoms with Crippen LogP contribution >= 0.6 is 0 Å². The van der Waals surface area contributed by atoms with Crippen LogP contribution in [0.25, 0.3) is 0 Å². The number of nitrogen functional groups attached to an aromatic ring is 1. The Morgan fingerprint density at radius 1 is 1.19 bits per heavy atom. The topological polar surface area (TPSA) is 74.7 Å². The molecule has 2 aromatic rings. The third kappa shape index (κ3) is 3.20. The molecule has 0 saturated heterocycles. The van der Waals surface area contributed by atoms with E-state index in [1.54, 1.807) is 6.07 Å². The zero-order chi connectivity index (χ0) is 15.6. The Balaban J connectivity index is 2.38. The number of hydrogen-bond donors (Lipinski definition) is 2. The highest BCUT2D eigenvalue weighted by molar-refractivity contribution is 5.72. The zero-order valence-electron chi connectivity index (χ0n) is 10.4. The smallest absolute Gasteiger partial charge is 0.396 e. The molecule has 0 aliphatic rings. The van der Waals surface area contributed by atoms with Gasteiger partial charge in [-0.15, -0.1) is 0 Å². The van der Waals surface area contributed by atoms with E-state index in [2.05, 4.69) is 10.3 Å². The van der Waals surface area contributed by atoms with Crippen LogP contribution in [0.2, 0.25) is 0 Å². The maximum Gasteiger partial charge on any atom is 0.433 e. The molecule has 0 amide bonds. The van der Waals surface area contributed by atoms with E-state index in [0.717, 1.165) is 12.3 Å². The molecular weight excluding hydrogens is 288 g/mol. The molecule has 0 radical (unpaired) electrons. The SMILES string of the molecule is N#Cc1ccc(Nc2cc(C(F)(F)F)ncc2N)c(F)c1. The van der Waals surface area contributed by atoms with Crippen molar-refractivity contribution in [3.8, 4) is 6.07 Å². The minimum atomic E-state index is -4.63. The van der Waals surface area contributed by atoms with E-state index >= 15 is 0 Å². The summed E-state index contributed by atoms with van der Waals surface area (Å²) in [6, 6.07) is 5.96. The van der Waals surface area contributed by atoms with Crippen LogP contribution < -0.4 is 11.1 Å². The molecule has 4 nitrogen and oxygen atoms in total. The quantitative estimate of drug-likeness (QED) is 0.832. The first kappa shape index (κ1) is 14.6. The molecule has 8 heteroatoms. The van der Waals surface area contributed by atoms with Crippen LogP contribution in [0.1, 0.15) is 11.3 Å². The summed E-state index contributed by atoms with van der Waals surface area (Å²) in [6.07, 6.45) is -3.79. The number of hydrogen-bond acceptors (Lipinski definition) is 4. The lowest BCUT2D eigenvalue weighted by atomic mass is 10.2. The fourth-order valence-corrected chi connectivity index (χ4v) is 1.56. The summed E-state index contributed by atoms with van der Waals surface area (Å²) >= 11 is 0. The molecule has 0 bridgehead atoms. The minimum Gasteiger partial charge on any atom is -0.396 e. The van der Waals surface area contributed by atoms with Gasteiger partial charge in [0, 0.05) is 0 Å². The first-order valence-electron chi connectivity index (χ1n) is 5.60. The molecule has 0 aliphatic carbocycles. The van der Waals surface area contributed by atoms with Gasteiger partial charge >= 0.3 is 6.18 Å². The predicted octanol–water partition coefficient (Wildman–Crippen LogP) is 3.44. The van der Waals surface area contributed by atoms with Gasteiger partial charge < -0.3 is 11.1 Å². The number of benzene rings is 1. The van der Waals surface area contributed by atoms with E-state index in [9.17, 15) is 17.6 Å². The molecule has 108 valence electrons. The number of anilines is 3. The van der Waals surface area contributed by atoms with Gasteiger partial charge in [0.2, 0.25) is 0 Å². The number of alkyl halides is 3. The number of nitrogens with one attached hydrogen (secondary N) is 1. The third-order valence-electron chi connectivity index (χ3n) is 2.59. The second kappa shape index (κ2) is 5.28. The number of halogens is 4. The molecule has 0 fully saturated rings. The van der Waals surface area contributed by atoms with Crippen molar-refractivity contribution in [2.75, 3.05) is 11.1 Å². The Hall–Kier alpha value is -2.82. The third-order valence-corrected chi connectivity index (χ3v) is 2.59. The van der Waals surface area contributed by atoms with Gasteiger partial charge in [0.15, 0.2) is 0 Å². The Morgan fingerprint density at radius 3 is 2.48 bits per heavy atom. The molecule has 1 aromatic heterocycles. The Bertz CT molecular complexity index is 719. The lowest BCUT2D eigenvalue weighted by molar-refractivity contribution is -0.141. The first-order chi connectivity index (χ1) is 9.81. The van der Waals surface area contributed by atoms with E-state index < -0.39 is 17.7 Å². The number of aromatic nitrogens is 1. The Morgan fingerprint density at radius 2 is 1.90 bits per heavy atom. The van der Waals surface area contributed by atoms with Gasteiger partial charge in [-0.2, -0.15) is 18.4 Å². The van der Waals surface area contributed by atoms with E-state index in [1.807, 2.05) is 0 Å². The van der Waals surface area contributed by atoms with Crippen LogP contribution in [0.15, 0.2) is 30.5 Å². The van der Waals surface area contributed by atoms with Crippen LogP contribution in [0.3, 0.4) is 0 Å². The standard InChI is InChI=1S/C13H8F4N4/c14-8-3-7(5-18)1-2-10(8)21-11-4-12(13(15,16)17)20-6-9(11)19/h1-4,6H,19H2,(H,20,21). The van der Waals surface area contributed by atoms with Crippen LogP contribution in [0.4, 0.5) is 34.6 Å². The number of rotatable bonds is 2. The van der Waals surface area contributed by atoms with E-state index in [0.29, 0.717) is 6.07 Å². The second-order valence-corrected chi connectivity index (χ2v) is 4.09. The number of nitrogens with two attached hydrogens (primary N) is 1. The molecule has 0 aliphatic heterocycles. The predicted molar refractivity (Wildman–Crippen MR) is 68.0 cm³/mol. The fourth-order valence-electron chi connectivity index (χ4n) is 1.56. The van der Waals surface area contributed by atoms with Gasteiger partial charge in [0.25, 0.3) is 0 Å². The van der Waals surface area contributed by atoms with Crippen LogP contribution in [-0.4, -0.2) is 4.98 Å². The highest BCUT2D eigenvalue weighted by Gasteiger charge is 2.33. The highest BCUT2D eigenvalue weighted by Crippen LogP contribution is 2.32. The van der Waals surface area contributed by atoms with Crippen molar-refractivity contribution in [1.82, 2.24) is 4.98 Å². The Labute approximate surface area is 116 Å². The van der Waals surface area contributed by atoms with E-state index in [1.165, 1.54) is 12.1 Å². The van der Waals surface area contributed by atoms with Crippen LogP contribution in [0.5, 0.6) is 0 Å². The molecule has 21 heavy (non-hydrogen) atoms. The fraction of sp³-hybridized carbons (Fsp3) is 0.0769. The monoisotopic (exact) mass is 296 g/mol. The van der Waals surface area contributed by atoms with Gasteiger partial charge in [0.05, 0.1) is 34.9 Å². The highest BCUT2D eigenvalue weighted by atomic mass is 19.4. The summed E-state index contributed by atoms with van der Waals surface area (Å²) < 4.78 is 51.4. The molecule has 0 unspecified atom stereocenters. The average molecular weight is 296 g/mol. The second-order valence-electron chi connectivity index (χ2n) is 4.09. The minimum absolute atomic E-state index is 0.0632. The summed E-state index contributed by atoms with van der Waals surface area (Å²) in [5.74, 6) is -0.779. The van der Waals surface area contributed by atoms with Gasteiger partial charge in [-0.3, -0.25) is 0 Å². The molecule has 2 rings (SSSR count). The molecule has 1 aromatic carbocycles. The maximum absolute atomic E-state index is 13.7. The van der Waals surface area contributed by atoms with Crippen molar-refractivity contribution in [3.05, 3.63) is 47.5 Å². The van der Waals surface area contributed by atoms with Crippen molar-refractivity contribution in [2.24, 2.45) is 0 Å². The summed E-state index contributed by atoms with van der Waals surface area (Å²) in [4.78, 5) is 3.17. The van der Waals surface area contributed by atoms with E-state index in [-0.39, 0.29) is 22.6 Å². The molecule has 0 atom stereocenters. The number of nitrogens with zero attached hydrogens (tertiary/aromatic N) is 2. The van der Waals surface area contributed by atoms with Crippen LogP contribution in [-0.2, 0) is 6.18 Å². The van der Waals surface area contributed by atoms with Gasteiger partial charge in [0.1, 0.15) is 11.5 Å². The van der Waals surface area contributed by atoms with Crippen molar-refractivity contribution >= 4 is 17.1 Å². The van der Waals surface area contributed by atoms with Gasteiger partial charge in [-0.05, 0) is 24.3 Å². The van der Waals surface area contributed by atoms with Gasteiger partial charge in [-0.1, -0.05) is 0 Å². The molecule has 0 spiro atoms. The lowest BCUT2D eigenvalue weighted by Gasteiger charge is -2.13. The molecule has 0 saturated carbocycles. The van der Waals surface area contributed by atoms with Crippen molar-refractivity contribution in [2.45, 2.75) is 6.18 Å². The van der Waals surface area contributed by atoms with E-state index in [4.69, 9.17) is 11.0 Å². The molecule has 1 heterocycles. The maximum atomic E-state index is 13.7. The van der Waals surface area contributed by atoms with Gasteiger partial charge in [-0.25, -0.2) is 9.37 Å². The summed E-state index contributed by atoms with van der Waals surface area (Å²) in [5.41, 5.74) is 4.18. The number of pyridine rings is 1. The average Bonchev–Trinajstić information content (AvgIpc) is 2.42. The normalized spacial score (nSPS) is 11.0. The van der Waals surface area contributed by atoms with Crippen LogP contribution in [0, 0.1) is 17.1 Å². The number of nitriles is 1. The molecule has 3 N–H and O–H groups in total. The summed E-state index contributed by atoms with van der Waals surface area (Å²) in [6.45, 7) is 0. The van der Waals surface area contributed by atoms with Crippen molar-refractivity contribution in [1.29, 1.82) is 5.26 Å². The summed E-state index contributed by atoms with van der Waals surface area (Å²) in [7, 11) is 0. The largest absolute Gasteiger partial charge is 0.433 e. The summed E-state index contributed by atoms with van der Waals surface area (Å²) in [5, 5.41) is 11.1. The molecular formula is C13H8F4N4. The first-order valence-corrected chi connectivity index (χ1v) is 5.60. The zero-order valence-corrected chi connectivity index (χ0v) is 10.4. The van der Waals surface area contributed by atoms with Crippen molar-refractivity contribution in [3.63, 3.8) is 0 Å².